The molecule has 0 aliphatic heterocycles. The first-order chi connectivity index (χ1) is 7.22. The van der Waals surface area contributed by atoms with Crippen molar-refractivity contribution in [3.8, 4) is 0 Å². The lowest BCUT2D eigenvalue weighted by Crippen LogP contribution is -2.24. The minimum atomic E-state index is -0.516. The van der Waals surface area contributed by atoms with Crippen LogP contribution in [0.25, 0.3) is 0 Å². The van der Waals surface area contributed by atoms with Gasteiger partial charge in [0.15, 0.2) is 0 Å². The van der Waals surface area contributed by atoms with E-state index in [9.17, 15) is 4.79 Å². The average molecular weight is 210 g/mol. The van der Waals surface area contributed by atoms with E-state index in [4.69, 9.17) is 15.7 Å². The van der Waals surface area contributed by atoms with Crippen LogP contribution < -0.4 is 11.2 Å². The molecule has 5 nitrogen and oxygen atoms in total. The van der Waals surface area contributed by atoms with Gasteiger partial charge in [-0.25, -0.2) is 0 Å². The van der Waals surface area contributed by atoms with E-state index in [1.807, 2.05) is 24.3 Å². The van der Waals surface area contributed by atoms with Gasteiger partial charge in [0.1, 0.15) is 6.61 Å². The Kier molecular flexibility index (Phi) is 4.76. The van der Waals surface area contributed by atoms with Crippen LogP contribution in [0.1, 0.15) is 11.1 Å². The minimum Gasteiger partial charge on any atom is -0.392 e. The number of primary amides is 1. The van der Waals surface area contributed by atoms with Crippen molar-refractivity contribution in [1.82, 2.24) is 5.48 Å². The van der Waals surface area contributed by atoms with Gasteiger partial charge >= 0.3 is 0 Å². The van der Waals surface area contributed by atoms with E-state index in [1.165, 1.54) is 0 Å². The third-order valence-corrected chi connectivity index (χ3v) is 1.80. The number of benzene rings is 1. The Hall–Kier alpha value is -1.43. The summed E-state index contributed by atoms with van der Waals surface area (Å²) in [6.45, 7) is 0.375. The number of carbonyl (C=O) groups is 1. The molecule has 82 valence electrons. The van der Waals surface area contributed by atoms with Gasteiger partial charge in [-0.05, 0) is 11.1 Å². The number of amides is 1. The molecule has 0 bridgehead atoms. The largest absolute Gasteiger partial charge is 0.392 e. The number of carbonyl (C=O) groups excluding carboxylic acids is 1. The Morgan fingerprint density at radius 1 is 1.33 bits per heavy atom. The summed E-state index contributed by atoms with van der Waals surface area (Å²) in [6, 6.07) is 7.38. The minimum absolute atomic E-state index is 0.0336. The number of hydroxylamine groups is 1. The first-order valence-electron chi connectivity index (χ1n) is 4.54. The maximum atomic E-state index is 10.3. The fraction of sp³-hybridized carbons (Fsp3) is 0.300. The van der Waals surface area contributed by atoms with E-state index in [0.717, 1.165) is 11.1 Å². The van der Waals surface area contributed by atoms with Crippen molar-refractivity contribution in [1.29, 1.82) is 0 Å². The van der Waals surface area contributed by atoms with Crippen LogP contribution in [0, 0.1) is 0 Å². The van der Waals surface area contributed by atoms with E-state index in [1.54, 1.807) is 0 Å². The molecule has 0 heterocycles. The lowest BCUT2D eigenvalue weighted by atomic mass is 10.1. The number of aliphatic hydroxyl groups excluding tert-OH is 1. The highest BCUT2D eigenvalue weighted by Crippen LogP contribution is 2.03. The van der Waals surface area contributed by atoms with Gasteiger partial charge in [0.05, 0.1) is 6.61 Å². The normalized spacial score (nSPS) is 10.2. The maximum absolute atomic E-state index is 10.3. The van der Waals surface area contributed by atoms with Crippen LogP contribution in [0.3, 0.4) is 0 Å². The maximum Gasteiger partial charge on any atom is 0.245 e. The van der Waals surface area contributed by atoms with Gasteiger partial charge < -0.3 is 10.8 Å². The molecule has 0 unspecified atom stereocenters. The molecule has 1 amide bonds. The summed E-state index contributed by atoms with van der Waals surface area (Å²) in [5.41, 5.74) is 9.34. The summed E-state index contributed by atoms with van der Waals surface area (Å²) in [5, 5.41) is 8.81. The average Bonchev–Trinajstić information content (AvgIpc) is 2.25. The summed E-state index contributed by atoms with van der Waals surface area (Å²) >= 11 is 0. The SMILES string of the molecule is NC(=O)CONCc1ccc(CO)cc1. The molecule has 4 N–H and O–H groups in total. The van der Waals surface area contributed by atoms with Crippen LogP contribution in [0.5, 0.6) is 0 Å². The van der Waals surface area contributed by atoms with Crippen molar-refractivity contribution in [3.63, 3.8) is 0 Å². The van der Waals surface area contributed by atoms with Gasteiger partial charge in [0.25, 0.3) is 0 Å². The van der Waals surface area contributed by atoms with Gasteiger partial charge in [0, 0.05) is 6.54 Å². The zero-order valence-corrected chi connectivity index (χ0v) is 8.27. The van der Waals surface area contributed by atoms with Crippen LogP contribution >= 0.6 is 0 Å². The molecular weight excluding hydrogens is 196 g/mol. The summed E-state index contributed by atoms with van der Waals surface area (Å²) in [6.07, 6.45) is 0. The van der Waals surface area contributed by atoms with Crippen molar-refractivity contribution < 1.29 is 14.7 Å². The van der Waals surface area contributed by atoms with Crippen LogP contribution in [-0.4, -0.2) is 17.6 Å². The van der Waals surface area contributed by atoms with E-state index in [-0.39, 0.29) is 13.2 Å². The fourth-order valence-electron chi connectivity index (χ4n) is 1.02. The van der Waals surface area contributed by atoms with Gasteiger partial charge in [0.2, 0.25) is 5.91 Å². The monoisotopic (exact) mass is 210 g/mol. The highest BCUT2D eigenvalue weighted by molar-refractivity contribution is 5.74. The van der Waals surface area contributed by atoms with E-state index in [0.29, 0.717) is 6.54 Å². The van der Waals surface area contributed by atoms with Crippen LogP contribution in [0.4, 0.5) is 0 Å². The molecule has 1 rings (SSSR count). The second kappa shape index (κ2) is 6.13. The summed E-state index contributed by atoms with van der Waals surface area (Å²) in [7, 11) is 0. The number of nitrogens with two attached hydrogens (primary N) is 1. The predicted molar refractivity (Wildman–Crippen MR) is 54.4 cm³/mol. The Bertz CT molecular complexity index is 311. The second-order valence-corrected chi connectivity index (χ2v) is 3.05. The fourth-order valence-corrected chi connectivity index (χ4v) is 1.02. The first-order valence-corrected chi connectivity index (χ1v) is 4.54. The number of nitrogens with one attached hydrogen (secondary N) is 1. The van der Waals surface area contributed by atoms with E-state index in [2.05, 4.69) is 5.48 Å². The molecule has 0 fully saturated rings. The van der Waals surface area contributed by atoms with Crippen molar-refractivity contribution in [2.24, 2.45) is 5.73 Å². The number of aliphatic hydroxyl groups is 1. The molecule has 1 aromatic carbocycles. The molecule has 15 heavy (non-hydrogen) atoms. The smallest absolute Gasteiger partial charge is 0.245 e. The van der Waals surface area contributed by atoms with Gasteiger partial charge in [-0.2, -0.15) is 5.48 Å². The Labute approximate surface area is 87.8 Å². The number of rotatable bonds is 6. The van der Waals surface area contributed by atoms with Crippen molar-refractivity contribution in [3.05, 3.63) is 35.4 Å². The molecule has 0 saturated carbocycles. The molecule has 0 spiro atoms. The molecule has 0 radical (unpaired) electrons. The molecular formula is C10H14N2O3. The van der Waals surface area contributed by atoms with Gasteiger partial charge in [-0.3, -0.25) is 9.63 Å². The number of hydrogen-bond donors (Lipinski definition) is 3. The van der Waals surface area contributed by atoms with Crippen LogP contribution in [-0.2, 0) is 22.8 Å². The Morgan fingerprint density at radius 2 is 1.93 bits per heavy atom. The van der Waals surface area contributed by atoms with E-state index < -0.39 is 5.91 Å². The molecule has 1 aromatic rings. The van der Waals surface area contributed by atoms with Crippen LogP contribution in [0.2, 0.25) is 0 Å². The zero-order valence-electron chi connectivity index (χ0n) is 8.27. The zero-order chi connectivity index (χ0) is 11.1. The Morgan fingerprint density at radius 3 is 2.47 bits per heavy atom. The van der Waals surface area contributed by atoms with E-state index >= 15 is 0 Å². The highest BCUT2D eigenvalue weighted by Gasteiger charge is 1.95. The Balaban J connectivity index is 2.28. The summed E-state index contributed by atoms with van der Waals surface area (Å²) < 4.78 is 0. The summed E-state index contributed by atoms with van der Waals surface area (Å²) in [5.74, 6) is -0.516. The molecule has 0 atom stereocenters. The molecule has 0 aromatic heterocycles. The number of hydrogen-bond acceptors (Lipinski definition) is 4. The first kappa shape index (κ1) is 11.6. The molecule has 5 heteroatoms. The lowest BCUT2D eigenvalue weighted by Gasteiger charge is -2.04. The molecule has 0 aliphatic rings. The van der Waals surface area contributed by atoms with Gasteiger partial charge in [-0.15, -0.1) is 0 Å². The third kappa shape index (κ3) is 4.55. The topological polar surface area (TPSA) is 84.6 Å². The molecule has 0 aliphatic carbocycles. The van der Waals surface area contributed by atoms with Crippen LogP contribution in [0.15, 0.2) is 24.3 Å². The standard InChI is InChI=1S/C10H14N2O3/c11-10(14)7-15-12-5-8-1-3-9(6-13)4-2-8/h1-4,12-13H,5-7H2,(H2,11,14). The quantitative estimate of drug-likeness (QED) is 0.444. The van der Waals surface area contributed by atoms with Crippen molar-refractivity contribution in [2.75, 3.05) is 6.61 Å². The third-order valence-electron chi connectivity index (χ3n) is 1.80. The highest BCUT2D eigenvalue weighted by atomic mass is 16.6. The van der Waals surface area contributed by atoms with Crippen molar-refractivity contribution in [2.45, 2.75) is 13.2 Å². The predicted octanol–water partition coefficient (Wildman–Crippen LogP) is -0.315. The van der Waals surface area contributed by atoms with Crippen molar-refractivity contribution >= 4 is 5.91 Å². The van der Waals surface area contributed by atoms with Gasteiger partial charge in [-0.1, -0.05) is 24.3 Å². The second-order valence-electron chi connectivity index (χ2n) is 3.05. The summed E-state index contributed by atoms with van der Waals surface area (Å²) in [4.78, 5) is 15.1. The molecule has 0 saturated heterocycles. The lowest BCUT2D eigenvalue weighted by molar-refractivity contribution is -0.125.